The molecule has 2 aliphatic carbocycles. The van der Waals surface area contributed by atoms with Crippen LogP contribution >= 0.6 is 0 Å². The molecular formula is C12H14O2. The molecular weight excluding hydrogens is 176 g/mol. The van der Waals surface area contributed by atoms with Gasteiger partial charge in [0.05, 0.1) is 6.26 Å². The molecule has 0 saturated heterocycles. The summed E-state index contributed by atoms with van der Waals surface area (Å²) in [6, 6.07) is 1.94. The number of carbonyl (C=O) groups is 1. The smallest absolute Gasteiger partial charge is 0.204 e. The van der Waals surface area contributed by atoms with E-state index in [1.807, 2.05) is 6.07 Å². The first-order valence-electron chi connectivity index (χ1n) is 5.43. The van der Waals surface area contributed by atoms with Crippen molar-refractivity contribution >= 4 is 5.78 Å². The number of hydrogen-bond acceptors (Lipinski definition) is 2. The van der Waals surface area contributed by atoms with Gasteiger partial charge in [0.15, 0.2) is 5.76 Å². The predicted molar refractivity (Wildman–Crippen MR) is 52.3 cm³/mol. The maximum atomic E-state index is 12.2. The molecule has 0 amide bonds. The van der Waals surface area contributed by atoms with E-state index in [2.05, 4.69) is 0 Å². The van der Waals surface area contributed by atoms with Crippen molar-refractivity contribution in [1.29, 1.82) is 0 Å². The van der Waals surface area contributed by atoms with Crippen molar-refractivity contribution < 1.29 is 9.21 Å². The fourth-order valence-electron chi connectivity index (χ4n) is 2.99. The lowest BCUT2D eigenvalue weighted by molar-refractivity contribution is 0.0731. The zero-order valence-corrected chi connectivity index (χ0v) is 8.21. The van der Waals surface area contributed by atoms with Gasteiger partial charge in [-0.1, -0.05) is 12.8 Å². The van der Waals surface area contributed by atoms with E-state index < -0.39 is 0 Å². The zero-order valence-electron chi connectivity index (χ0n) is 8.21. The van der Waals surface area contributed by atoms with Gasteiger partial charge in [-0.15, -0.1) is 0 Å². The van der Waals surface area contributed by atoms with Crippen molar-refractivity contribution in [3.8, 4) is 0 Å². The average molecular weight is 190 g/mol. The Morgan fingerprint density at radius 3 is 2.79 bits per heavy atom. The van der Waals surface area contributed by atoms with Crippen molar-refractivity contribution in [1.82, 2.24) is 0 Å². The molecule has 0 aromatic carbocycles. The van der Waals surface area contributed by atoms with E-state index in [0.717, 1.165) is 31.2 Å². The molecule has 14 heavy (non-hydrogen) atoms. The number of carbonyl (C=O) groups excluding carboxylic acids is 1. The fraction of sp³-hybridized carbons (Fsp3) is 0.583. The number of ketones is 1. The van der Waals surface area contributed by atoms with Crippen molar-refractivity contribution in [2.75, 3.05) is 0 Å². The summed E-state index contributed by atoms with van der Waals surface area (Å²) in [5.74, 6) is 0.930. The molecule has 0 unspecified atom stereocenters. The van der Waals surface area contributed by atoms with E-state index in [4.69, 9.17) is 4.42 Å². The third-order valence-corrected chi connectivity index (χ3v) is 3.87. The molecule has 0 aliphatic heterocycles. The van der Waals surface area contributed by atoms with Crippen LogP contribution in [0.3, 0.4) is 0 Å². The van der Waals surface area contributed by atoms with E-state index in [1.54, 1.807) is 6.26 Å². The Morgan fingerprint density at radius 1 is 1.21 bits per heavy atom. The second-order valence-corrected chi connectivity index (χ2v) is 4.59. The van der Waals surface area contributed by atoms with Gasteiger partial charge in [0.2, 0.25) is 5.78 Å². The van der Waals surface area contributed by atoms with Crippen LogP contribution in [0.25, 0.3) is 0 Å². The van der Waals surface area contributed by atoms with Crippen LogP contribution in [-0.2, 0) is 6.42 Å². The minimum absolute atomic E-state index is 0.0369. The minimum Gasteiger partial charge on any atom is -0.461 e. The van der Waals surface area contributed by atoms with Gasteiger partial charge in [0, 0.05) is 11.0 Å². The summed E-state index contributed by atoms with van der Waals surface area (Å²) >= 11 is 0. The monoisotopic (exact) mass is 190 g/mol. The van der Waals surface area contributed by atoms with Crippen molar-refractivity contribution in [2.24, 2.45) is 5.41 Å². The lowest BCUT2D eigenvalue weighted by atomic mass is 9.72. The van der Waals surface area contributed by atoms with Crippen molar-refractivity contribution in [2.45, 2.75) is 38.5 Å². The summed E-state index contributed by atoms with van der Waals surface area (Å²) in [5, 5.41) is 0. The van der Waals surface area contributed by atoms with Gasteiger partial charge in [-0.25, -0.2) is 0 Å². The summed E-state index contributed by atoms with van der Waals surface area (Å²) < 4.78 is 5.31. The second-order valence-electron chi connectivity index (χ2n) is 4.59. The number of fused-ring (bicyclic) bond motifs is 1. The highest BCUT2D eigenvalue weighted by atomic mass is 16.3. The number of furan rings is 1. The van der Waals surface area contributed by atoms with Gasteiger partial charge in [0.25, 0.3) is 0 Å². The Balaban J connectivity index is 2.04. The van der Waals surface area contributed by atoms with Crippen LogP contribution < -0.4 is 0 Å². The topological polar surface area (TPSA) is 30.2 Å². The lowest BCUT2D eigenvalue weighted by Crippen LogP contribution is -2.32. The first-order valence-corrected chi connectivity index (χ1v) is 5.43. The molecule has 1 heterocycles. The lowest BCUT2D eigenvalue weighted by Gasteiger charge is -2.30. The second kappa shape index (κ2) is 2.72. The SMILES string of the molecule is O=C1c2occc2CCC12CCCC2. The van der Waals surface area contributed by atoms with E-state index >= 15 is 0 Å². The molecule has 2 aliphatic rings. The summed E-state index contributed by atoms with van der Waals surface area (Å²) in [5.41, 5.74) is 1.08. The highest BCUT2D eigenvalue weighted by Gasteiger charge is 2.45. The van der Waals surface area contributed by atoms with Gasteiger partial charge in [0.1, 0.15) is 0 Å². The first kappa shape index (κ1) is 8.27. The Morgan fingerprint density at radius 2 is 2.00 bits per heavy atom. The third-order valence-electron chi connectivity index (χ3n) is 3.87. The van der Waals surface area contributed by atoms with E-state index in [0.29, 0.717) is 5.76 Å². The highest BCUT2D eigenvalue weighted by Crippen LogP contribution is 2.47. The molecule has 2 nitrogen and oxygen atoms in total. The molecule has 1 aromatic heterocycles. The van der Waals surface area contributed by atoms with Crippen LogP contribution in [0.4, 0.5) is 0 Å². The summed E-state index contributed by atoms with van der Waals surface area (Å²) in [6.45, 7) is 0. The Hall–Kier alpha value is -1.05. The van der Waals surface area contributed by atoms with Gasteiger partial charge in [-0.05, 0) is 31.7 Å². The van der Waals surface area contributed by atoms with Crippen LogP contribution in [0.1, 0.15) is 48.2 Å². The molecule has 0 atom stereocenters. The number of aryl methyl sites for hydroxylation is 1. The summed E-state index contributed by atoms with van der Waals surface area (Å²) in [4.78, 5) is 12.2. The quantitative estimate of drug-likeness (QED) is 0.629. The van der Waals surface area contributed by atoms with Gasteiger partial charge >= 0.3 is 0 Å². The Labute approximate surface area is 83.3 Å². The summed E-state index contributed by atoms with van der Waals surface area (Å²) in [7, 11) is 0. The molecule has 2 heteroatoms. The minimum atomic E-state index is -0.0369. The maximum Gasteiger partial charge on any atom is 0.204 e. The van der Waals surface area contributed by atoms with Gasteiger partial charge < -0.3 is 4.42 Å². The standard InChI is InChI=1S/C12H14O2/c13-11-10-9(4-8-14-10)3-7-12(11)5-1-2-6-12/h4,8H,1-3,5-7H2. The predicted octanol–water partition coefficient (Wildman–Crippen LogP) is 2.97. The number of hydrogen-bond donors (Lipinski definition) is 0. The molecule has 1 spiro atoms. The van der Waals surface area contributed by atoms with Crippen LogP contribution in [0.5, 0.6) is 0 Å². The largest absolute Gasteiger partial charge is 0.461 e. The molecule has 74 valence electrons. The Kier molecular flexibility index (Phi) is 1.61. The molecule has 0 radical (unpaired) electrons. The van der Waals surface area contributed by atoms with E-state index in [9.17, 15) is 4.79 Å². The molecule has 1 aromatic rings. The number of rotatable bonds is 0. The van der Waals surface area contributed by atoms with E-state index in [-0.39, 0.29) is 11.2 Å². The Bertz CT molecular complexity index is 369. The maximum absolute atomic E-state index is 12.2. The van der Waals surface area contributed by atoms with Crippen LogP contribution in [-0.4, -0.2) is 5.78 Å². The first-order chi connectivity index (χ1) is 6.82. The molecule has 0 bridgehead atoms. The van der Waals surface area contributed by atoms with Crippen molar-refractivity contribution in [3.63, 3.8) is 0 Å². The molecule has 3 rings (SSSR count). The van der Waals surface area contributed by atoms with Crippen molar-refractivity contribution in [3.05, 3.63) is 23.7 Å². The molecule has 1 fully saturated rings. The average Bonchev–Trinajstić information content (AvgIpc) is 2.83. The normalized spacial score (nSPS) is 24.1. The fourth-order valence-corrected chi connectivity index (χ4v) is 2.99. The highest BCUT2D eigenvalue weighted by molar-refractivity contribution is 6.00. The summed E-state index contributed by atoms with van der Waals surface area (Å²) in [6.07, 6.45) is 8.29. The zero-order chi connectivity index (χ0) is 9.60. The number of Topliss-reactive ketones (excluding diaryl/α,β-unsaturated/α-hetero) is 1. The molecule has 0 N–H and O–H groups in total. The van der Waals surface area contributed by atoms with Crippen LogP contribution in [0.15, 0.2) is 16.7 Å². The third kappa shape index (κ3) is 0.941. The van der Waals surface area contributed by atoms with Gasteiger partial charge in [-0.2, -0.15) is 0 Å². The van der Waals surface area contributed by atoms with Gasteiger partial charge in [-0.3, -0.25) is 4.79 Å². The van der Waals surface area contributed by atoms with Crippen LogP contribution in [0.2, 0.25) is 0 Å². The van der Waals surface area contributed by atoms with Crippen LogP contribution in [0, 0.1) is 5.41 Å². The molecule has 1 saturated carbocycles. The van der Waals surface area contributed by atoms with E-state index in [1.165, 1.54) is 12.8 Å².